The van der Waals surface area contributed by atoms with E-state index in [1.54, 1.807) is 48.5 Å². The van der Waals surface area contributed by atoms with E-state index >= 15 is 0 Å². The first kappa shape index (κ1) is 27.4. The van der Waals surface area contributed by atoms with Gasteiger partial charge in [0.05, 0.1) is 6.04 Å². The topological polar surface area (TPSA) is 117 Å². The molecule has 4 rings (SSSR count). The number of nitrogen functional groups attached to an aromatic ring is 1. The molecule has 0 saturated carbocycles. The van der Waals surface area contributed by atoms with Gasteiger partial charge in [-0.2, -0.15) is 0 Å². The number of benzene rings is 4. The minimum absolute atomic E-state index is 0.0656. The summed E-state index contributed by atoms with van der Waals surface area (Å²) in [5.74, 6) is -1.33. The summed E-state index contributed by atoms with van der Waals surface area (Å²) in [6.45, 7) is 2.25. The molecule has 0 aliphatic heterocycles. The number of ether oxygens (including phenoxy) is 1. The van der Waals surface area contributed by atoms with Gasteiger partial charge in [0, 0.05) is 16.3 Å². The third-order valence-corrected chi connectivity index (χ3v) is 6.39. The number of nitrogens with two attached hydrogens (primary N) is 1. The van der Waals surface area contributed by atoms with Crippen molar-refractivity contribution in [3.05, 3.63) is 130 Å². The van der Waals surface area contributed by atoms with E-state index < -0.39 is 17.7 Å². The van der Waals surface area contributed by atoms with Gasteiger partial charge in [0.15, 0.2) is 0 Å². The molecule has 0 aliphatic rings. The largest absolute Gasteiger partial charge is 0.489 e. The monoisotopic (exact) mass is 540 g/mol. The van der Waals surface area contributed by atoms with Crippen LogP contribution in [-0.2, 0) is 16.2 Å². The summed E-state index contributed by atoms with van der Waals surface area (Å²) < 4.78 is 5.85. The molecule has 0 spiro atoms. The van der Waals surface area contributed by atoms with Crippen LogP contribution < -0.4 is 21.1 Å². The number of rotatable bonds is 10. The van der Waals surface area contributed by atoms with E-state index in [4.69, 9.17) is 27.5 Å². The lowest BCUT2D eigenvalue weighted by Crippen LogP contribution is -2.37. The van der Waals surface area contributed by atoms with Crippen LogP contribution in [0.3, 0.4) is 0 Å². The van der Waals surface area contributed by atoms with Gasteiger partial charge in [-0.3, -0.25) is 15.0 Å². The summed E-state index contributed by atoms with van der Waals surface area (Å²) in [4.78, 5) is 26.7. The summed E-state index contributed by atoms with van der Waals surface area (Å²) >= 11 is 6.03. The standard InChI is InChI=1S/C31H29ClN4O3/c1-20(22-12-16-27(17-13-22)39-19-21-6-5-9-25(32)18-21)35-30(37)28(23-7-3-2-4-8-23)31(38)36-26-14-10-24(11-15-26)29(33)34/h2-18,20,28H,19H2,1H3,(H3,33,34)(H,35,37)(H,36,38). The molecule has 2 unspecified atom stereocenters. The van der Waals surface area contributed by atoms with Crippen LogP contribution in [0.1, 0.15) is 41.1 Å². The van der Waals surface area contributed by atoms with Crippen molar-refractivity contribution in [2.24, 2.45) is 5.73 Å². The maximum Gasteiger partial charge on any atom is 0.241 e. The highest BCUT2D eigenvalue weighted by Crippen LogP contribution is 2.23. The molecule has 0 bridgehead atoms. The van der Waals surface area contributed by atoms with Crippen LogP contribution in [0, 0.1) is 5.41 Å². The van der Waals surface area contributed by atoms with Gasteiger partial charge in [-0.25, -0.2) is 0 Å². The second-order valence-electron chi connectivity index (χ2n) is 9.04. The number of amidine groups is 1. The normalized spacial score (nSPS) is 12.2. The summed E-state index contributed by atoms with van der Waals surface area (Å²) in [7, 11) is 0. The zero-order valence-corrected chi connectivity index (χ0v) is 22.1. The Morgan fingerprint density at radius 3 is 2.21 bits per heavy atom. The van der Waals surface area contributed by atoms with Gasteiger partial charge in [0.2, 0.25) is 11.8 Å². The fourth-order valence-corrected chi connectivity index (χ4v) is 4.25. The highest BCUT2D eigenvalue weighted by Gasteiger charge is 2.29. The molecule has 0 heterocycles. The van der Waals surface area contributed by atoms with Gasteiger partial charge in [-0.15, -0.1) is 0 Å². The fraction of sp³-hybridized carbons (Fsp3) is 0.129. The van der Waals surface area contributed by atoms with Crippen LogP contribution in [-0.4, -0.2) is 17.6 Å². The molecule has 39 heavy (non-hydrogen) atoms. The van der Waals surface area contributed by atoms with Gasteiger partial charge in [-0.1, -0.05) is 66.2 Å². The molecular formula is C31H29ClN4O3. The molecular weight excluding hydrogens is 512 g/mol. The van der Waals surface area contributed by atoms with Crippen molar-refractivity contribution >= 4 is 34.9 Å². The molecule has 0 radical (unpaired) electrons. The Morgan fingerprint density at radius 1 is 0.872 bits per heavy atom. The minimum Gasteiger partial charge on any atom is -0.489 e. The zero-order chi connectivity index (χ0) is 27.8. The number of anilines is 1. The number of hydrogen-bond acceptors (Lipinski definition) is 4. The van der Waals surface area contributed by atoms with E-state index in [1.807, 2.05) is 61.5 Å². The van der Waals surface area contributed by atoms with E-state index in [1.165, 1.54) is 0 Å². The maximum atomic E-state index is 13.4. The van der Waals surface area contributed by atoms with Crippen molar-refractivity contribution in [3.8, 4) is 5.75 Å². The lowest BCUT2D eigenvalue weighted by atomic mass is 9.96. The highest BCUT2D eigenvalue weighted by molar-refractivity contribution is 6.30. The first-order valence-electron chi connectivity index (χ1n) is 12.4. The minimum atomic E-state index is -1.07. The van der Waals surface area contributed by atoms with Gasteiger partial charge in [-0.05, 0) is 72.1 Å². The average Bonchev–Trinajstić information content (AvgIpc) is 2.93. The lowest BCUT2D eigenvalue weighted by Gasteiger charge is -2.21. The summed E-state index contributed by atoms with van der Waals surface area (Å²) in [6, 6.07) is 30.1. The van der Waals surface area contributed by atoms with E-state index in [0.717, 1.165) is 11.1 Å². The van der Waals surface area contributed by atoms with E-state index in [2.05, 4.69) is 10.6 Å². The number of carbonyl (C=O) groups is 2. The predicted molar refractivity (Wildman–Crippen MR) is 154 cm³/mol. The Hall–Kier alpha value is -4.62. The zero-order valence-electron chi connectivity index (χ0n) is 21.4. The smallest absolute Gasteiger partial charge is 0.241 e. The molecule has 4 aromatic carbocycles. The molecule has 8 heteroatoms. The van der Waals surface area contributed by atoms with Crippen molar-refractivity contribution in [2.45, 2.75) is 25.5 Å². The number of nitrogens with one attached hydrogen (secondary N) is 3. The van der Waals surface area contributed by atoms with E-state index in [-0.39, 0.29) is 11.9 Å². The molecule has 4 aromatic rings. The van der Waals surface area contributed by atoms with Crippen molar-refractivity contribution in [1.29, 1.82) is 5.41 Å². The summed E-state index contributed by atoms with van der Waals surface area (Å²) in [5, 5.41) is 14.0. The van der Waals surface area contributed by atoms with Gasteiger partial charge in [0.25, 0.3) is 0 Å². The van der Waals surface area contributed by atoms with Crippen LogP contribution in [0.5, 0.6) is 5.75 Å². The second-order valence-corrected chi connectivity index (χ2v) is 9.48. The number of amides is 2. The Bertz CT molecular complexity index is 1440. The van der Waals surface area contributed by atoms with Crippen LogP contribution >= 0.6 is 11.6 Å². The van der Waals surface area contributed by atoms with Gasteiger partial charge < -0.3 is 21.1 Å². The molecule has 198 valence electrons. The van der Waals surface area contributed by atoms with Crippen molar-refractivity contribution in [2.75, 3.05) is 5.32 Å². The molecule has 0 saturated heterocycles. The summed E-state index contributed by atoms with van der Waals surface area (Å²) in [6.07, 6.45) is 0. The second kappa shape index (κ2) is 12.8. The van der Waals surface area contributed by atoms with Crippen molar-refractivity contribution in [3.63, 3.8) is 0 Å². The molecule has 0 fully saturated rings. The molecule has 0 aliphatic carbocycles. The molecule has 2 atom stereocenters. The number of halogens is 1. The van der Waals surface area contributed by atoms with Crippen molar-refractivity contribution < 1.29 is 14.3 Å². The molecule has 7 nitrogen and oxygen atoms in total. The lowest BCUT2D eigenvalue weighted by molar-refractivity contribution is -0.129. The first-order valence-corrected chi connectivity index (χ1v) is 12.8. The Morgan fingerprint density at radius 2 is 1.56 bits per heavy atom. The van der Waals surface area contributed by atoms with Crippen molar-refractivity contribution in [1.82, 2.24) is 5.32 Å². The van der Waals surface area contributed by atoms with Crippen LogP contribution in [0.25, 0.3) is 0 Å². The third-order valence-electron chi connectivity index (χ3n) is 6.15. The maximum absolute atomic E-state index is 13.4. The average molecular weight is 541 g/mol. The third kappa shape index (κ3) is 7.46. The Kier molecular flexibility index (Phi) is 8.97. The van der Waals surface area contributed by atoms with Gasteiger partial charge >= 0.3 is 0 Å². The van der Waals surface area contributed by atoms with Gasteiger partial charge in [0.1, 0.15) is 24.1 Å². The van der Waals surface area contributed by atoms with E-state index in [0.29, 0.717) is 34.2 Å². The van der Waals surface area contributed by atoms with Crippen LogP contribution in [0.2, 0.25) is 5.02 Å². The summed E-state index contributed by atoms with van der Waals surface area (Å²) in [5.41, 5.74) is 8.95. The predicted octanol–water partition coefficient (Wildman–Crippen LogP) is 5.80. The fourth-order valence-electron chi connectivity index (χ4n) is 4.04. The first-order chi connectivity index (χ1) is 18.8. The number of carbonyl (C=O) groups excluding carboxylic acids is 2. The quantitative estimate of drug-likeness (QED) is 0.115. The SMILES string of the molecule is CC(NC(=O)C(C(=O)Nc1ccc(C(=N)N)cc1)c1ccccc1)c1ccc(OCc2cccc(Cl)c2)cc1. The molecule has 0 aromatic heterocycles. The van der Waals surface area contributed by atoms with Crippen LogP contribution in [0.4, 0.5) is 5.69 Å². The molecule has 2 amide bonds. The molecule has 5 N–H and O–H groups in total. The Balaban J connectivity index is 1.43. The van der Waals surface area contributed by atoms with E-state index in [9.17, 15) is 9.59 Å². The highest BCUT2D eigenvalue weighted by atomic mass is 35.5. The Labute approximate surface area is 232 Å². The van der Waals surface area contributed by atoms with Crippen LogP contribution in [0.15, 0.2) is 103 Å². The number of hydrogen-bond donors (Lipinski definition) is 4.